The topological polar surface area (TPSA) is 52.1 Å². The Hall–Kier alpha value is -1.45. The first-order chi connectivity index (χ1) is 6.19. The van der Waals surface area contributed by atoms with E-state index >= 15 is 0 Å². The van der Waals surface area contributed by atoms with Crippen LogP contribution >= 0.6 is 0 Å². The highest BCUT2D eigenvalue weighted by atomic mass is 16.5. The quantitative estimate of drug-likeness (QED) is 0.660. The molecule has 4 nitrogen and oxygen atoms in total. The summed E-state index contributed by atoms with van der Waals surface area (Å²) >= 11 is 0. The van der Waals surface area contributed by atoms with Crippen LogP contribution in [0.15, 0.2) is 6.20 Å². The SMILES string of the molecule is COc1cnc(C(C)C)nc1C=O. The molecule has 1 aromatic heterocycles. The number of aldehydes is 1. The van der Waals surface area contributed by atoms with E-state index < -0.39 is 0 Å². The van der Waals surface area contributed by atoms with Gasteiger partial charge in [0, 0.05) is 5.92 Å². The number of carbonyl (C=O) groups is 1. The van der Waals surface area contributed by atoms with E-state index in [0.717, 1.165) is 0 Å². The monoisotopic (exact) mass is 180 g/mol. The molecule has 0 aromatic carbocycles. The lowest BCUT2D eigenvalue weighted by atomic mass is 10.2. The minimum atomic E-state index is 0.213. The normalized spacial score (nSPS) is 10.2. The Morgan fingerprint density at radius 1 is 1.54 bits per heavy atom. The molecule has 0 bridgehead atoms. The molecule has 4 heteroatoms. The van der Waals surface area contributed by atoms with Crippen LogP contribution in [0, 0.1) is 0 Å². The minimum Gasteiger partial charge on any atom is -0.493 e. The van der Waals surface area contributed by atoms with Crippen molar-refractivity contribution in [3.8, 4) is 5.75 Å². The van der Waals surface area contributed by atoms with Gasteiger partial charge in [-0.25, -0.2) is 9.97 Å². The van der Waals surface area contributed by atoms with Crippen molar-refractivity contribution in [2.75, 3.05) is 7.11 Å². The first-order valence-corrected chi connectivity index (χ1v) is 4.05. The third kappa shape index (κ3) is 2.02. The predicted octanol–water partition coefficient (Wildman–Crippen LogP) is 1.42. The zero-order valence-corrected chi connectivity index (χ0v) is 7.94. The van der Waals surface area contributed by atoms with Crippen LogP contribution in [-0.2, 0) is 0 Å². The number of methoxy groups -OCH3 is 1. The molecule has 0 radical (unpaired) electrons. The number of hydrogen-bond acceptors (Lipinski definition) is 4. The van der Waals surface area contributed by atoms with Crippen LogP contribution in [0.5, 0.6) is 5.75 Å². The molecule has 0 saturated carbocycles. The van der Waals surface area contributed by atoms with E-state index in [1.165, 1.54) is 13.3 Å². The Morgan fingerprint density at radius 3 is 2.69 bits per heavy atom. The largest absolute Gasteiger partial charge is 0.493 e. The Bertz CT molecular complexity index is 310. The predicted molar refractivity (Wildman–Crippen MR) is 48.1 cm³/mol. The summed E-state index contributed by atoms with van der Waals surface area (Å²) in [6, 6.07) is 0. The van der Waals surface area contributed by atoms with Crippen LogP contribution in [0.3, 0.4) is 0 Å². The van der Waals surface area contributed by atoms with Crippen LogP contribution in [0.25, 0.3) is 0 Å². The van der Waals surface area contributed by atoms with Crippen molar-refractivity contribution in [1.29, 1.82) is 0 Å². The van der Waals surface area contributed by atoms with Gasteiger partial charge in [-0.15, -0.1) is 0 Å². The highest BCUT2D eigenvalue weighted by molar-refractivity contribution is 5.75. The molecule has 0 aliphatic carbocycles. The molecular formula is C9H12N2O2. The summed E-state index contributed by atoms with van der Waals surface area (Å²) in [5, 5.41) is 0. The third-order valence-corrected chi connectivity index (χ3v) is 1.65. The van der Waals surface area contributed by atoms with Gasteiger partial charge in [0.1, 0.15) is 11.5 Å². The molecule has 0 unspecified atom stereocenters. The Kier molecular flexibility index (Phi) is 2.95. The number of ether oxygens (including phenoxy) is 1. The average Bonchev–Trinajstić information content (AvgIpc) is 2.16. The van der Waals surface area contributed by atoms with Crippen molar-refractivity contribution < 1.29 is 9.53 Å². The third-order valence-electron chi connectivity index (χ3n) is 1.65. The lowest BCUT2D eigenvalue weighted by Crippen LogP contribution is -2.02. The van der Waals surface area contributed by atoms with Crippen LogP contribution in [0.4, 0.5) is 0 Å². The fourth-order valence-corrected chi connectivity index (χ4v) is 0.918. The average molecular weight is 180 g/mol. The molecule has 0 aliphatic rings. The van der Waals surface area contributed by atoms with Gasteiger partial charge in [-0.2, -0.15) is 0 Å². The Balaban J connectivity index is 3.13. The zero-order chi connectivity index (χ0) is 9.84. The van der Waals surface area contributed by atoms with Gasteiger partial charge in [-0.1, -0.05) is 13.8 Å². The van der Waals surface area contributed by atoms with Gasteiger partial charge in [0.2, 0.25) is 0 Å². The summed E-state index contributed by atoms with van der Waals surface area (Å²) in [6.45, 7) is 3.94. The second-order valence-electron chi connectivity index (χ2n) is 2.95. The van der Waals surface area contributed by atoms with E-state index in [1.807, 2.05) is 13.8 Å². The molecular weight excluding hydrogens is 168 g/mol. The summed E-state index contributed by atoms with van der Waals surface area (Å²) in [5.74, 6) is 1.28. The first-order valence-electron chi connectivity index (χ1n) is 4.05. The molecule has 0 fully saturated rings. The van der Waals surface area contributed by atoms with Gasteiger partial charge < -0.3 is 4.74 Å². The van der Waals surface area contributed by atoms with Crippen molar-refractivity contribution in [2.24, 2.45) is 0 Å². The van der Waals surface area contributed by atoms with Gasteiger partial charge in [-0.3, -0.25) is 4.79 Å². The van der Waals surface area contributed by atoms with E-state index in [-0.39, 0.29) is 5.92 Å². The summed E-state index contributed by atoms with van der Waals surface area (Å²) in [5.41, 5.74) is 0.307. The van der Waals surface area contributed by atoms with E-state index in [1.54, 1.807) is 0 Å². The maximum absolute atomic E-state index is 10.6. The van der Waals surface area contributed by atoms with Gasteiger partial charge in [0.25, 0.3) is 0 Å². The van der Waals surface area contributed by atoms with Crippen LogP contribution < -0.4 is 4.74 Å². The van der Waals surface area contributed by atoms with E-state index in [0.29, 0.717) is 23.6 Å². The molecule has 1 heterocycles. The maximum Gasteiger partial charge on any atom is 0.172 e. The Morgan fingerprint density at radius 2 is 2.23 bits per heavy atom. The van der Waals surface area contributed by atoms with Crippen molar-refractivity contribution in [1.82, 2.24) is 9.97 Å². The fourth-order valence-electron chi connectivity index (χ4n) is 0.918. The molecule has 0 aliphatic heterocycles. The van der Waals surface area contributed by atoms with Crippen LogP contribution in [0.2, 0.25) is 0 Å². The maximum atomic E-state index is 10.6. The summed E-state index contributed by atoms with van der Waals surface area (Å²) in [4.78, 5) is 18.7. The summed E-state index contributed by atoms with van der Waals surface area (Å²) in [7, 11) is 1.49. The van der Waals surface area contributed by atoms with Crippen molar-refractivity contribution in [2.45, 2.75) is 19.8 Å². The molecule has 0 amide bonds. The molecule has 0 N–H and O–H groups in total. The second kappa shape index (κ2) is 3.98. The van der Waals surface area contributed by atoms with E-state index in [2.05, 4.69) is 9.97 Å². The second-order valence-corrected chi connectivity index (χ2v) is 2.95. The smallest absolute Gasteiger partial charge is 0.172 e. The molecule has 1 aromatic rings. The lowest BCUT2D eigenvalue weighted by molar-refractivity contribution is 0.111. The van der Waals surface area contributed by atoms with Crippen molar-refractivity contribution >= 4 is 6.29 Å². The molecule has 0 spiro atoms. The van der Waals surface area contributed by atoms with Crippen LogP contribution in [0.1, 0.15) is 36.1 Å². The fraction of sp³-hybridized carbons (Fsp3) is 0.444. The highest BCUT2D eigenvalue weighted by Gasteiger charge is 2.08. The van der Waals surface area contributed by atoms with E-state index in [9.17, 15) is 4.79 Å². The summed E-state index contributed by atoms with van der Waals surface area (Å²) < 4.78 is 4.91. The van der Waals surface area contributed by atoms with Crippen LogP contribution in [-0.4, -0.2) is 23.4 Å². The number of nitrogens with zero attached hydrogens (tertiary/aromatic N) is 2. The molecule has 0 saturated heterocycles. The standard InChI is InChI=1S/C9H12N2O2/c1-6(2)9-10-4-8(13-3)7(5-12)11-9/h4-6H,1-3H3. The number of aromatic nitrogens is 2. The molecule has 0 atom stereocenters. The van der Waals surface area contributed by atoms with Gasteiger partial charge in [0.05, 0.1) is 13.3 Å². The minimum absolute atomic E-state index is 0.213. The highest BCUT2D eigenvalue weighted by Crippen LogP contribution is 2.15. The number of carbonyl (C=O) groups excluding carboxylic acids is 1. The summed E-state index contributed by atoms with van der Waals surface area (Å²) in [6.07, 6.45) is 2.19. The van der Waals surface area contributed by atoms with Crippen molar-refractivity contribution in [3.63, 3.8) is 0 Å². The molecule has 13 heavy (non-hydrogen) atoms. The first kappa shape index (κ1) is 9.64. The van der Waals surface area contributed by atoms with Gasteiger partial charge >= 0.3 is 0 Å². The van der Waals surface area contributed by atoms with Crippen molar-refractivity contribution in [3.05, 3.63) is 17.7 Å². The zero-order valence-electron chi connectivity index (χ0n) is 7.94. The van der Waals surface area contributed by atoms with E-state index in [4.69, 9.17) is 4.74 Å². The Labute approximate surface area is 77.0 Å². The van der Waals surface area contributed by atoms with Gasteiger partial charge in [-0.05, 0) is 0 Å². The molecule has 70 valence electrons. The lowest BCUT2D eigenvalue weighted by Gasteiger charge is -2.06. The molecule has 1 rings (SSSR count). The number of rotatable bonds is 3. The number of hydrogen-bond donors (Lipinski definition) is 0. The van der Waals surface area contributed by atoms with Gasteiger partial charge in [0.15, 0.2) is 12.0 Å².